The number of fused-ring (bicyclic) bond motifs is 8. The molecule has 0 saturated heterocycles. The Morgan fingerprint density at radius 2 is 1.32 bits per heavy atom. The monoisotopic (exact) mass is 384 g/mol. The van der Waals surface area contributed by atoms with Crippen LogP contribution >= 0.6 is 11.6 Å². The highest BCUT2D eigenvalue weighted by molar-refractivity contribution is 6.31. The summed E-state index contributed by atoms with van der Waals surface area (Å²) < 4.78 is 0. The van der Waals surface area contributed by atoms with E-state index in [2.05, 4.69) is 62.4 Å². The van der Waals surface area contributed by atoms with Gasteiger partial charge in [0.05, 0.1) is 0 Å². The SMILES string of the molecule is CC1(C)c2ccc(Cl)cc2-c2cc3c(cc21)-c1ccccc1C31CCCCC1. The lowest BCUT2D eigenvalue weighted by molar-refractivity contribution is 0.353. The van der Waals surface area contributed by atoms with Crippen molar-refractivity contribution in [2.75, 3.05) is 0 Å². The molecule has 1 heteroatoms. The van der Waals surface area contributed by atoms with Gasteiger partial charge in [0.1, 0.15) is 0 Å². The summed E-state index contributed by atoms with van der Waals surface area (Å²) >= 11 is 6.42. The maximum atomic E-state index is 6.42. The Morgan fingerprint density at radius 3 is 2.14 bits per heavy atom. The van der Waals surface area contributed by atoms with E-state index in [1.54, 1.807) is 11.1 Å². The van der Waals surface area contributed by atoms with Crippen LogP contribution in [0.25, 0.3) is 22.3 Å². The largest absolute Gasteiger partial charge is 0.0843 e. The Hall–Kier alpha value is -2.05. The Balaban J connectivity index is 1.68. The van der Waals surface area contributed by atoms with Crippen molar-refractivity contribution in [2.24, 2.45) is 0 Å². The lowest BCUT2D eigenvalue weighted by Gasteiger charge is -2.36. The van der Waals surface area contributed by atoms with E-state index >= 15 is 0 Å². The third-order valence-corrected chi connectivity index (χ3v) is 7.97. The third-order valence-electron chi connectivity index (χ3n) is 7.73. The summed E-state index contributed by atoms with van der Waals surface area (Å²) in [5.74, 6) is 0. The predicted molar refractivity (Wildman–Crippen MR) is 118 cm³/mol. The number of benzene rings is 3. The molecule has 140 valence electrons. The molecule has 0 bridgehead atoms. The normalized spacial score (nSPS) is 19.8. The van der Waals surface area contributed by atoms with Crippen LogP contribution in [0, 0.1) is 0 Å². The topological polar surface area (TPSA) is 0 Å². The first kappa shape index (κ1) is 16.9. The van der Waals surface area contributed by atoms with Crippen LogP contribution in [-0.2, 0) is 10.8 Å². The summed E-state index contributed by atoms with van der Waals surface area (Å²) in [7, 11) is 0. The fourth-order valence-corrected chi connectivity index (χ4v) is 6.53. The van der Waals surface area contributed by atoms with Crippen LogP contribution in [0.4, 0.5) is 0 Å². The van der Waals surface area contributed by atoms with Crippen molar-refractivity contribution in [1.29, 1.82) is 0 Å². The summed E-state index contributed by atoms with van der Waals surface area (Å²) in [6.07, 6.45) is 6.59. The maximum absolute atomic E-state index is 6.42. The fourth-order valence-electron chi connectivity index (χ4n) is 6.36. The molecular formula is C27H25Cl. The standard InChI is InChI=1S/C27H25Cl/c1-26(2)22-11-10-17(28)14-19(22)21-16-25-20(15-24(21)26)18-8-4-5-9-23(18)27(25)12-6-3-7-13-27/h4-5,8-11,14-16H,3,6-7,12-13H2,1-2H3. The molecule has 1 fully saturated rings. The van der Waals surface area contributed by atoms with Gasteiger partial charge in [-0.25, -0.2) is 0 Å². The summed E-state index contributed by atoms with van der Waals surface area (Å²) in [6.45, 7) is 4.71. The van der Waals surface area contributed by atoms with Gasteiger partial charge in [-0.05, 0) is 81.6 Å². The third kappa shape index (κ3) is 1.97. The van der Waals surface area contributed by atoms with Crippen molar-refractivity contribution in [3.63, 3.8) is 0 Å². The van der Waals surface area contributed by atoms with Gasteiger partial charge in [0.2, 0.25) is 0 Å². The van der Waals surface area contributed by atoms with E-state index in [4.69, 9.17) is 11.6 Å². The van der Waals surface area contributed by atoms with Gasteiger partial charge in [0.15, 0.2) is 0 Å². The van der Waals surface area contributed by atoms with Crippen molar-refractivity contribution < 1.29 is 0 Å². The van der Waals surface area contributed by atoms with Crippen molar-refractivity contribution in [2.45, 2.75) is 56.8 Å². The molecule has 28 heavy (non-hydrogen) atoms. The summed E-state index contributed by atoms with van der Waals surface area (Å²) in [6, 6.07) is 20.7. The molecule has 0 heterocycles. The highest BCUT2D eigenvalue weighted by Gasteiger charge is 2.46. The lowest BCUT2D eigenvalue weighted by Crippen LogP contribution is -2.28. The first-order chi connectivity index (χ1) is 13.5. The van der Waals surface area contributed by atoms with Gasteiger partial charge in [-0.3, -0.25) is 0 Å². The molecule has 3 aliphatic carbocycles. The zero-order valence-electron chi connectivity index (χ0n) is 16.6. The molecule has 0 nitrogen and oxygen atoms in total. The molecule has 3 aromatic rings. The van der Waals surface area contributed by atoms with Gasteiger partial charge in [0.25, 0.3) is 0 Å². The summed E-state index contributed by atoms with van der Waals surface area (Å²) in [5.41, 5.74) is 11.9. The second-order valence-electron chi connectivity index (χ2n) is 9.45. The minimum Gasteiger partial charge on any atom is -0.0843 e. The Labute approximate surface area is 172 Å². The second kappa shape index (κ2) is 5.51. The molecule has 1 spiro atoms. The van der Waals surface area contributed by atoms with Crippen LogP contribution in [-0.4, -0.2) is 0 Å². The van der Waals surface area contributed by atoms with Crippen molar-refractivity contribution >= 4 is 11.6 Å². The average molecular weight is 385 g/mol. The first-order valence-corrected chi connectivity index (χ1v) is 11.0. The first-order valence-electron chi connectivity index (χ1n) is 10.6. The molecule has 0 aromatic heterocycles. The van der Waals surface area contributed by atoms with Crippen LogP contribution in [0.15, 0.2) is 54.6 Å². The summed E-state index contributed by atoms with van der Waals surface area (Å²) in [4.78, 5) is 0. The van der Waals surface area contributed by atoms with Gasteiger partial charge >= 0.3 is 0 Å². The van der Waals surface area contributed by atoms with Gasteiger partial charge in [-0.2, -0.15) is 0 Å². The van der Waals surface area contributed by atoms with E-state index in [1.807, 2.05) is 6.07 Å². The highest BCUT2D eigenvalue weighted by Crippen LogP contribution is 2.59. The average Bonchev–Trinajstić information content (AvgIpc) is 3.09. The van der Waals surface area contributed by atoms with E-state index in [0.717, 1.165) is 5.02 Å². The molecule has 0 N–H and O–H groups in total. The fraction of sp³-hybridized carbons (Fsp3) is 0.333. The summed E-state index contributed by atoms with van der Waals surface area (Å²) in [5, 5.41) is 0.832. The van der Waals surface area contributed by atoms with E-state index in [-0.39, 0.29) is 10.8 Å². The molecule has 1 saturated carbocycles. The van der Waals surface area contributed by atoms with E-state index < -0.39 is 0 Å². The molecular weight excluding hydrogens is 360 g/mol. The highest BCUT2D eigenvalue weighted by atomic mass is 35.5. The molecule has 0 aliphatic heterocycles. The van der Waals surface area contributed by atoms with Crippen molar-refractivity contribution in [1.82, 2.24) is 0 Å². The van der Waals surface area contributed by atoms with Crippen LogP contribution < -0.4 is 0 Å². The van der Waals surface area contributed by atoms with E-state index in [1.165, 1.54) is 65.5 Å². The smallest absolute Gasteiger partial charge is 0.0412 e. The minimum absolute atomic E-state index is 0.0154. The molecule has 0 amide bonds. The van der Waals surface area contributed by atoms with Crippen LogP contribution in [0.5, 0.6) is 0 Å². The molecule has 0 radical (unpaired) electrons. The van der Waals surface area contributed by atoms with Gasteiger partial charge in [0, 0.05) is 15.9 Å². The predicted octanol–water partition coefficient (Wildman–Crippen LogP) is 7.88. The molecule has 3 aliphatic rings. The number of rotatable bonds is 0. The van der Waals surface area contributed by atoms with Gasteiger partial charge in [-0.1, -0.05) is 75.0 Å². The van der Waals surface area contributed by atoms with Gasteiger partial charge < -0.3 is 0 Å². The zero-order chi connectivity index (χ0) is 19.1. The van der Waals surface area contributed by atoms with Crippen LogP contribution in [0.2, 0.25) is 5.02 Å². The molecule has 0 atom stereocenters. The lowest BCUT2D eigenvalue weighted by atomic mass is 9.67. The van der Waals surface area contributed by atoms with E-state index in [9.17, 15) is 0 Å². The quantitative estimate of drug-likeness (QED) is 0.369. The second-order valence-corrected chi connectivity index (χ2v) is 9.88. The zero-order valence-corrected chi connectivity index (χ0v) is 17.4. The maximum Gasteiger partial charge on any atom is 0.0412 e. The number of hydrogen-bond donors (Lipinski definition) is 0. The molecule has 6 rings (SSSR count). The van der Waals surface area contributed by atoms with Crippen molar-refractivity contribution in [3.05, 3.63) is 81.9 Å². The minimum atomic E-state index is 0.0154. The van der Waals surface area contributed by atoms with Crippen LogP contribution in [0.1, 0.15) is 68.2 Å². The Kier molecular flexibility index (Phi) is 3.32. The van der Waals surface area contributed by atoms with Crippen LogP contribution in [0.3, 0.4) is 0 Å². The Morgan fingerprint density at radius 1 is 0.643 bits per heavy atom. The van der Waals surface area contributed by atoms with Gasteiger partial charge in [-0.15, -0.1) is 0 Å². The molecule has 0 unspecified atom stereocenters. The molecule has 3 aromatic carbocycles. The number of halogens is 1. The Bertz CT molecular complexity index is 1130. The number of hydrogen-bond acceptors (Lipinski definition) is 0. The van der Waals surface area contributed by atoms with Crippen molar-refractivity contribution in [3.8, 4) is 22.3 Å². The van der Waals surface area contributed by atoms with E-state index in [0.29, 0.717) is 0 Å².